The fourth-order valence-corrected chi connectivity index (χ4v) is 7.14. The normalized spacial score (nSPS) is 23.6. The van der Waals surface area contributed by atoms with Gasteiger partial charge < -0.3 is 20.1 Å². The van der Waals surface area contributed by atoms with Crippen molar-refractivity contribution in [1.29, 1.82) is 0 Å². The Balaban J connectivity index is 1.41. The number of benzene rings is 1. The fraction of sp³-hybridized carbons (Fsp3) is 0.812. The predicted molar refractivity (Wildman–Crippen MR) is 153 cm³/mol. The Morgan fingerprint density at radius 1 is 0.667 bits per heavy atom. The molecular weight excluding hydrogens is 444 g/mol. The highest BCUT2D eigenvalue weighted by molar-refractivity contribution is 5.32. The van der Waals surface area contributed by atoms with Crippen LogP contribution in [0.1, 0.15) is 118 Å². The Morgan fingerprint density at radius 2 is 1.11 bits per heavy atom. The van der Waals surface area contributed by atoms with Crippen molar-refractivity contribution in [3.63, 3.8) is 0 Å². The van der Waals surface area contributed by atoms with Crippen molar-refractivity contribution in [2.75, 3.05) is 13.2 Å². The lowest BCUT2D eigenvalue weighted by molar-refractivity contribution is -0.0227. The minimum Gasteiger partial charge on any atom is -0.378 e. The van der Waals surface area contributed by atoms with E-state index in [2.05, 4.69) is 91.1 Å². The minimum absolute atomic E-state index is 0.142. The van der Waals surface area contributed by atoms with Gasteiger partial charge in [-0.25, -0.2) is 0 Å². The third-order valence-corrected chi connectivity index (χ3v) is 7.86. The van der Waals surface area contributed by atoms with Crippen molar-refractivity contribution in [1.82, 2.24) is 10.6 Å². The maximum Gasteiger partial charge on any atom is 0.0609 e. The van der Waals surface area contributed by atoms with Crippen LogP contribution >= 0.6 is 0 Å². The zero-order valence-electron chi connectivity index (χ0n) is 25.0. The Labute approximate surface area is 222 Å². The molecule has 0 amide bonds. The first-order valence-corrected chi connectivity index (χ1v) is 14.6. The number of aryl methyl sites for hydroxylation is 3. The Hall–Kier alpha value is -0.940. The first-order chi connectivity index (χ1) is 16.7. The van der Waals surface area contributed by atoms with Crippen molar-refractivity contribution in [3.05, 3.63) is 34.9 Å². The highest BCUT2D eigenvalue weighted by Crippen LogP contribution is 2.31. The molecule has 1 aromatic carbocycles. The second kappa shape index (κ2) is 11.8. The molecule has 2 heterocycles. The van der Waals surface area contributed by atoms with Crippen LogP contribution in [0.2, 0.25) is 0 Å². The third-order valence-electron chi connectivity index (χ3n) is 7.86. The summed E-state index contributed by atoms with van der Waals surface area (Å²) in [5.74, 6) is 0. The summed E-state index contributed by atoms with van der Waals surface area (Å²) in [6.45, 7) is 22.3. The van der Waals surface area contributed by atoms with Crippen LogP contribution in [0, 0.1) is 0 Å². The Kier molecular flexibility index (Phi) is 9.74. The smallest absolute Gasteiger partial charge is 0.0609 e. The van der Waals surface area contributed by atoms with E-state index in [1.54, 1.807) is 0 Å². The average molecular weight is 501 g/mol. The third kappa shape index (κ3) is 9.42. The first-order valence-electron chi connectivity index (χ1n) is 14.6. The van der Waals surface area contributed by atoms with Crippen LogP contribution in [0.3, 0.4) is 0 Å². The van der Waals surface area contributed by atoms with E-state index in [1.807, 2.05) is 0 Å². The topological polar surface area (TPSA) is 42.5 Å². The van der Waals surface area contributed by atoms with Gasteiger partial charge in [0.2, 0.25) is 0 Å². The van der Waals surface area contributed by atoms with E-state index in [-0.39, 0.29) is 22.2 Å². The number of nitrogens with one attached hydrogen (secondary N) is 2. The summed E-state index contributed by atoms with van der Waals surface area (Å²) in [6, 6.07) is 7.14. The molecule has 4 heteroatoms. The molecule has 0 spiro atoms. The van der Waals surface area contributed by atoms with E-state index in [9.17, 15) is 0 Å². The molecule has 3 rings (SSSR count). The van der Waals surface area contributed by atoms with Crippen LogP contribution in [0.4, 0.5) is 0 Å². The van der Waals surface area contributed by atoms with Gasteiger partial charge in [0.1, 0.15) is 0 Å². The highest BCUT2D eigenvalue weighted by Gasteiger charge is 2.39. The van der Waals surface area contributed by atoms with Gasteiger partial charge in [-0.2, -0.15) is 0 Å². The van der Waals surface area contributed by atoms with Gasteiger partial charge in [0.15, 0.2) is 0 Å². The molecule has 0 radical (unpaired) electrons. The largest absolute Gasteiger partial charge is 0.378 e. The summed E-state index contributed by atoms with van der Waals surface area (Å²) in [5, 5.41) is 7.50. The maximum atomic E-state index is 6.36. The van der Waals surface area contributed by atoms with E-state index in [1.165, 1.54) is 16.7 Å². The summed E-state index contributed by atoms with van der Waals surface area (Å²) in [7, 11) is 0. The monoisotopic (exact) mass is 500 g/mol. The SMILES string of the molecule is CCc1cc(CCCOC2CC(C)(C)NC(C)(C)C2)ccc1CCCOC1CC(C)(C)NC(C)(C)C1. The molecule has 36 heavy (non-hydrogen) atoms. The van der Waals surface area contributed by atoms with Crippen molar-refractivity contribution < 1.29 is 9.47 Å². The second-order valence-corrected chi connectivity index (χ2v) is 14.3. The Bertz CT molecular complexity index is 811. The molecule has 2 N–H and O–H groups in total. The molecule has 2 saturated heterocycles. The Morgan fingerprint density at radius 3 is 1.56 bits per heavy atom. The summed E-state index contributed by atoms with van der Waals surface area (Å²) in [5.41, 5.74) is 5.01. The van der Waals surface area contributed by atoms with Crippen molar-refractivity contribution in [2.24, 2.45) is 0 Å². The molecule has 2 aliphatic heterocycles. The average Bonchev–Trinajstić information content (AvgIpc) is 2.70. The van der Waals surface area contributed by atoms with Gasteiger partial charge in [-0.1, -0.05) is 25.1 Å². The maximum absolute atomic E-state index is 6.36. The second-order valence-electron chi connectivity index (χ2n) is 14.3. The molecular formula is C32H56N2O2. The summed E-state index contributed by atoms with van der Waals surface area (Å²) < 4.78 is 12.7. The molecule has 2 aliphatic rings. The molecule has 0 saturated carbocycles. The lowest BCUT2D eigenvalue weighted by Crippen LogP contribution is -2.59. The van der Waals surface area contributed by atoms with Gasteiger partial charge in [0.05, 0.1) is 12.2 Å². The minimum atomic E-state index is 0.142. The molecule has 0 aromatic heterocycles. The molecule has 1 aromatic rings. The van der Waals surface area contributed by atoms with Crippen LogP contribution in [0.5, 0.6) is 0 Å². The van der Waals surface area contributed by atoms with Gasteiger partial charge in [-0.05, 0) is 130 Å². The van der Waals surface area contributed by atoms with Gasteiger partial charge in [0, 0.05) is 35.4 Å². The number of piperidine rings is 2. The molecule has 2 fully saturated rings. The summed E-state index contributed by atoms with van der Waals surface area (Å²) in [4.78, 5) is 0. The lowest BCUT2D eigenvalue weighted by Gasteiger charge is -2.46. The summed E-state index contributed by atoms with van der Waals surface area (Å²) in [6.07, 6.45) is 10.5. The van der Waals surface area contributed by atoms with Crippen LogP contribution in [-0.4, -0.2) is 47.6 Å². The molecule has 0 bridgehead atoms. The molecule has 0 aliphatic carbocycles. The van der Waals surface area contributed by atoms with Crippen LogP contribution in [0.15, 0.2) is 18.2 Å². The quantitative estimate of drug-likeness (QED) is 0.329. The van der Waals surface area contributed by atoms with E-state index in [0.717, 1.165) is 71.0 Å². The number of ether oxygens (including phenoxy) is 2. The van der Waals surface area contributed by atoms with E-state index in [0.29, 0.717) is 12.2 Å². The van der Waals surface area contributed by atoms with E-state index < -0.39 is 0 Å². The predicted octanol–water partition coefficient (Wildman–Crippen LogP) is 6.77. The molecule has 0 atom stereocenters. The van der Waals surface area contributed by atoms with Gasteiger partial charge >= 0.3 is 0 Å². The van der Waals surface area contributed by atoms with Crippen molar-refractivity contribution in [3.8, 4) is 0 Å². The van der Waals surface area contributed by atoms with Gasteiger partial charge in [-0.3, -0.25) is 0 Å². The lowest BCUT2D eigenvalue weighted by atomic mass is 9.81. The van der Waals surface area contributed by atoms with Crippen molar-refractivity contribution in [2.45, 2.75) is 154 Å². The van der Waals surface area contributed by atoms with E-state index >= 15 is 0 Å². The number of hydrogen-bond acceptors (Lipinski definition) is 4. The van der Waals surface area contributed by atoms with Crippen LogP contribution < -0.4 is 10.6 Å². The number of rotatable bonds is 11. The zero-order chi connectivity index (χ0) is 26.6. The fourth-order valence-electron chi connectivity index (χ4n) is 7.14. The number of hydrogen-bond donors (Lipinski definition) is 2. The zero-order valence-corrected chi connectivity index (χ0v) is 25.0. The van der Waals surface area contributed by atoms with Crippen LogP contribution in [-0.2, 0) is 28.7 Å². The highest BCUT2D eigenvalue weighted by atomic mass is 16.5. The molecule has 0 unspecified atom stereocenters. The van der Waals surface area contributed by atoms with Gasteiger partial charge in [0.25, 0.3) is 0 Å². The molecule has 4 nitrogen and oxygen atoms in total. The van der Waals surface area contributed by atoms with Crippen LogP contribution in [0.25, 0.3) is 0 Å². The molecule has 206 valence electrons. The van der Waals surface area contributed by atoms with Crippen molar-refractivity contribution >= 4 is 0 Å². The first kappa shape index (κ1) is 29.6. The standard InChI is InChI=1S/C32H56N2O2/c1-10-25-19-24(13-11-17-35-27-20-29(2,3)33-30(4,5)21-27)15-16-26(25)14-12-18-36-28-22-31(6,7)34-32(8,9)23-28/h15-16,19,27-28,33-34H,10-14,17-18,20-23H2,1-9H3. The summed E-state index contributed by atoms with van der Waals surface area (Å²) >= 11 is 0. The van der Waals surface area contributed by atoms with Gasteiger partial charge in [-0.15, -0.1) is 0 Å². The van der Waals surface area contributed by atoms with E-state index in [4.69, 9.17) is 9.47 Å².